The van der Waals surface area contributed by atoms with E-state index in [4.69, 9.17) is 4.74 Å². The summed E-state index contributed by atoms with van der Waals surface area (Å²) in [6, 6.07) is 3.69. The average Bonchev–Trinajstić information content (AvgIpc) is 3.32. The Labute approximate surface area is 160 Å². The molecule has 6 nitrogen and oxygen atoms in total. The van der Waals surface area contributed by atoms with Gasteiger partial charge in [0.2, 0.25) is 0 Å². The molecule has 28 heavy (non-hydrogen) atoms. The fourth-order valence-electron chi connectivity index (χ4n) is 3.53. The third-order valence-corrected chi connectivity index (χ3v) is 5.00. The van der Waals surface area contributed by atoms with Crippen molar-refractivity contribution in [2.45, 2.75) is 45.2 Å². The van der Waals surface area contributed by atoms with Gasteiger partial charge in [-0.25, -0.2) is 4.79 Å². The normalized spacial score (nSPS) is 15.8. The highest BCUT2D eigenvalue weighted by Gasteiger charge is 2.35. The number of nitrogens with zero attached hydrogens (tertiary/aromatic N) is 4. The first-order valence-corrected chi connectivity index (χ1v) is 9.06. The number of tetrazole rings is 1. The van der Waals surface area contributed by atoms with Crippen molar-refractivity contribution < 1.29 is 22.7 Å². The summed E-state index contributed by atoms with van der Waals surface area (Å²) in [5.41, 5.74) is -0.818. The molecule has 1 aliphatic rings. The van der Waals surface area contributed by atoms with Crippen LogP contribution in [0.3, 0.4) is 0 Å². The van der Waals surface area contributed by atoms with Crippen LogP contribution >= 0.6 is 0 Å². The molecule has 0 bridgehead atoms. The molecule has 0 atom stereocenters. The van der Waals surface area contributed by atoms with E-state index in [2.05, 4.69) is 15.5 Å². The molecule has 9 heteroatoms. The second-order valence-corrected chi connectivity index (χ2v) is 6.86. The Kier molecular flexibility index (Phi) is 5.81. The number of carbonyl (C=O) groups is 1. The molecule has 0 N–H and O–H groups in total. The summed E-state index contributed by atoms with van der Waals surface area (Å²) in [5, 5.41) is 10.7. The highest BCUT2D eigenvalue weighted by atomic mass is 19.4. The number of carbonyl (C=O) groups excluding carboxylic acids is 1. The molecule has 0 amide bonds. The molecule has 1 fully saturated rings. The number of allylic oxidation sites excluding steroid dienone is 1. The highest BCUT2D eigenvalue weighted by molar-refractivity contribution is 6.16. The quantitative estimate of drug-likeness (QED) is 0.563. The van der Waals surface area contributed by atoms with Gasteiger partial charge in [0, 0.05) is 0 Å². The minimum atomic E-state index is -4.64. The Hall–Kier alpha value is -2.71. The number of hydrogen-bond acceptors (Lipinski definition) is 5. The number of benzene rings is 1. The van der Waals surface area contributed by atoms with Gasteiger partial charge in [-0.15, -0.1) is 5.10 Å². The second kappa shape index (κ2) is 8.12. The Morgan fingerprint density at radius 3 is 2.61 bits per heavy atom. The number of methoxy groups -OCH3 is 1. The van der Waals surface area contributed by atoms with Crippen molar-refractivity contribution in [2.75, 3.05) is 7.11 Å². The maximum absolute atomic E-state index is 13.7. The number of halogens is 3. The standard InChI is InChI=1S/C19H21F3N4O2/c1-12-23-24-25-26(12)17-10-8-14(11-16(17)19(20,21)22)15(18(27)28-2)9-7-13-5-3-4-6-13/h8-11,13H,3-7H2,1-2H3. The number of aromatic nitrogens is 4. The van der Waals surface area contributed by atoms with Crippen molar-refractivity contribution >= 4 is 11.5 Å². The van der Waals surface area contributed by atoms with Crippen LogP contribution in [0.2, 0.25) is 0 Å². The van der Waals surface area contributed by atoms with Gasteiger partial charge in [0.25, 0.3) is 0 Å². The number of aryl methyl sites for hydroxylation is 1. The third-order valence-electron chi connectivity index (χ3n) is 5.00. The van der Waals surface area contributed by atoms with Crippen LogP contribution in [0.1, 0.15) is 49.1 Å². The molecule has 1 aromatic heterocycles. The summed E-state index contributed by atoms with van der Waals surface area (Å²) in [6.45, 7) is 1.51. The van der Waals surface area contributed by atoms with Gasteiger partial charge < -0.3 is 4.74 Å². The SMILES string of the molecule is COC(=O)C(=CCC1CCCC1)c1ccc(-n2nnnc2C)c(C(F)(F)F)c1. The van der Waals surface area contributed by atoms with E-state index in [0.29, 0.717) is 12.3 Å². The topological polar surface area (TPSA) is 69.9 Å². The van der Waals surface area contributed by atoms with Gasteiger partial charge in [-0.05, 0) is 47.4 Å². The van der Waals surface area contributed by atoms with E-state index in [1.165, 1.54) is 26.2 Å². The van der Waals surface area contributed by atoms with E-state index in [1.54, 1.807) is 6.08 Å². The first-order valence-electron chi connectivity index (χ1n) is 9.06. The van der Waals surface area contributed by atoms with Crippen molar-refractivity contribution in [3.8, 4) is 5.69 Å². The fourth-order valence-corrected chi connectivity index (χ4v) is 3.53. The smallest absolute Gasteiger partial charge is 0.418 e. The molecular formula is C19H21F3N4O2. The van der Waals surface area contributed by atoms with Crippen molar-refractivity contribution in [2.24, 2.45) is 5.92 Å². The summed E-state index contributed by atoms with van der Waals surface area (Å²) < 4.78 is 47.0. The van der Waals surface area contributed by atoms with Crippen LogP contribution in [0.15, 0.2) is 24.3 Å². The minimum absolute atomic E-state index is 0.139. The number of hydrogen-bond donors (Lipinski definition) is 0. The van der Waals surface area contributed by atoms with Crippen LogP contribution in [0, 0.1) is 12.8 Å². The first-order chi connectivity index (χ1) is 13.3. The fraction of sp³-hybridized carbons (Fsp3) is 0.474. The van der Waals surface area contributed by atoms with E-state index >= 15 is 0 Å². The molecule has 1 aromatic carbocycles. The van der Waals surface area contributed by atoms with E-state index in [9.17, 15) is 18.0 Å². The van der Waals surface area contributed by atoms with E-state index < -0.39 is 17.7 Å². The van der Waals surface area contributed by atoms with Gasteiger partial charge in [-0.2, -0.15) is 17.9 Å². The number of alkyl halides is 3. The van der Waals surface area contributed by atoms with Gasteiger partial charge in [0.05, 0.1) is 23.9 Å². The van der Waals surface area contributed by atoms with Crippen LogP contribution in [-0.2, 0) is 15.7 Å². The maximum atomic E-state index is 13.7. The molecular weight excluding hydrogens is 373 g/mol. The molecule has 0 saturated heterocycles. The monoisotopic (exact) mass is 394 g/mol. The molecule has 2 aromatic rings. The van der Waals surface area contributed by atoms with Gasteiger partial charge in [0.1, 0.15) is 0 Å². The van der Waals surface area contributed by atoms with E-state index in [-0.39, 0.29) is 22.6 Å². The van der Waals surface area contributed by atoms with Crippen molar-refractivity contribution in [1.29, 1.82) is 0 Å². The van der Waals surface area contributed by atoms with Crippen LogP contribution in [0.5, 0.6) is 0 Å². The summed E-state index contributed by atoms with van der Waals surface area (Å²) in [6.07, 6.45) is 2.11. The Morgan fingerprint density at radius 1 is 1.32 bits per heavy atom. The molecule has 0 spiro atoms. The molecule has 1 heterocycles. The number of ether oxygens (including phenoxy) is 1. The zero-order valence-electron chi connectivity index (χ0n) is 15.7. The lowest BCUT2D eigenvalue weighted by Crippen LogP contribution is -2.14. The lowest BCUT2D eigenvalue weighted by Gasteiger charge is -2.16. The average molecular weight is 394 g/mol. The predicted octanol–water partition coefficient (Wildman–Crippen LogP) is 4.13. The molecule has 1 aliphatic carbocycles. The summed E-state index contributed by atoms with van der Waals surface area (Å²) >= 11 is 0. The summed E-state index contributed by atoms with van der Waals surface area (Å²) in [5.74, 6) is 0.0191. The van der Waals surface area contributed by atoms with E-state index in [1.807, 2.05) is 0 Å². The van der Waals surface area contributed by atoms with Gasteiger partial charge in [0.15, 0.2) is 5.82 Å². The minimum Gasteiger partial charge on any atom is -0.465 e. The molecule has 0 radical (unpaired) electrons. The Bertz CT molecular complexity index is 884. The molecule has 1 saturated carbocycles. The predicted molar refractivity (Wildman–Crippen MR) is 95.5 cm³/mol. The lowest BCUT2D eigenvalue weighted by atomic mass is 9.97. The second-order valence-electron chi connectivity index (χ2n) is 6.86. The van der Waals surface area contributed by atoms with Crippen LogP contribution in [0.4, 0.5) is 13.2 Å². The molecule has 3 rings (SSSR count). The van der Waals surface area contributed by atoms with Crippen molar-refractivity contribution in [3.63, 3.8) is 0 Å². The number of esters is 1. The summed E-state index contributed by atoms with van der Waals surface area (Å²) in [7, 11) is 1.22. The van der Waals surface area contributed by atoms with Crippen LogP contribution < -0.4 is 0 Å². The van der Waals surface area contributed by atoms with Crippen LogP contribution in [0.25, 0.3) is 11.3 Å². The lowest BCUT2D eigenvalue weighted by molar-refractivity contribution is -0.138. The van der Waals surface area contributed by atoms with Crippen molar-refractivity contribution in [3.05, 3.63) is 41.2 Å². The van der Waals surface area contributed by atoms with Gasteiger partial charge in [-0.3, -0.25) is 0 Å². The highest BCUT2D eigenvalue weighted by Crippen LogP contribution is 2.36. The maximum Gasteiger partial charge on any atom is 0.418 e. The zero-order valence-corrected chi connectivity index (χ0v) is 15.7. The van der Waals surface area contributed by atoms with Crippen molar-refractivity contribution in [1.82, 2.24) is 20.2 Å². The van der Waals surface area contributed by atoms with Gasteiger partial charge in [-0.1, -0.05) is 37.8 Å². The first kappa shape index (κ1) is 20.0. The Balaban J connectivity index is 2.04. The molecule has 0 aliphatic heterocycles. The van der Waals surface area contributed by atoms with Gasteiger partial charge >= 0.3 is 12.1 Å². The molecule has 0 unspecified atom stereocenters. The van der Waals surface area contributed by atoms with E-state index in [0.717, 1.165) is 36.4 Å². The molecule has 150 valence electrons. The van der Waals surface area contributed by atoms with Crippen LogP contribution in [-0.4, -0.2) is 33.3 Å². The summed E-state index contributed by atoms with van der Waals surface area (Å²) in [4.78, 5) is 12.2. The third kappa shape index (κ3) is 4.23. The largest absolute Gasteiger partial charge is 0.465 e. The Morgan fingerprint density at radius 2 is 2.04 bits per heavy atom. The zero-order chi connectivity index (χ0) is 20.3. The number of rotatable bonds is 5.